The van der Waals surface area contributed by atoms with E-state index in [4.69, 9.17) is 0 Å². The molecule has 4 rings (SSSR count). The Morgan fingerprint density at radius 1 is 1.21 bits per heavy atom. The van der Waals surface area contributed by atoms with Crippen molar-refractivity contribution in [2.75, 3.05) is 4.72 Å². The van der Waals surface area contributed by atoms with Gasteiger partial charge in [-0.3, -0.25) is 4.72 Å². The maximum Gasteiger partial charge on any atom is 0.193 e. The molecule has 3 N–H and O–H groups in total. The van der Waals surface area contributed by atoms with E-state index in [1.807, 2.05) is 44.2 Å². The summed E-state index contributed by atoms with van der Waals surface area (Å²) in [5.41, 5.74) is 4.06. The summed E-state index contributed by atoms with van der Waals surface area (Å²) in [5.74, 6) is 0.200. The highest BCUT2D eigenvalue weighted by atomic mass is 32.2. The van der Waals surface area contributed by atoms with Gasteiger partial charge in [-0.15, -0.1) is 0 Å². The SMILES string of the molecule is CC(C)NS(=O)Nc1ccc(-c2c(C#N)c3ccc(O)cc3n2C2CCC2)cc1. The van der Waals surface area contributed by atoms with Crippen molar-refractivity contribution in [3.63, 3.8) is 0 Å². The van der Waals surface area contributed by atoms with Crippen molar-refractivity contribution in [3.05, 3.63) is 48.0 Å². The Morgan fingerprint density at radius 2 is 1.93 bits per heavy atom. The number of aromatic hydroxyl groups is 1. The number of fused-ring (bicyclic) bond motifs is 1. The van der Waals surface area contributed by atoms with Crippen LogP contribution >= 0.6 is 0 Å². The van der Waals surface area contributed by atoms with Crippen LogP contribution in [0, 0.1) is 11.3 Å². The molecule has 150 valence electrons. The predicted molar refractivity (Wildman–Crippen MR) is 117 cm³/mol. The van der Waals surface area contributed by atoms with Gasteiger partial charge in [0.1, 0.15) is 11.8 Å². The van der Waals surface area contributed by atoms with E-state index in [0.29, 0.717) is 11.6 Å². The number of nitrogens with one attached hydrogen (secondary N) is 2. The third-order valence-corrected chi connectivity index (χ3v) is 6.36. The monoisotopic (exact) mass is 408 g/mol. The number of phenols is 1. The van der Waals surface area contributed by atoms with Gasteiger partial charge in [0, 0.05) is 29.2 Å². The van der Waals surface area contributed by atoms with E-state index >= 15 is 0 Å². The molecule has 0 amide bonds. The largest absolute Gasteiger partial charge is 0.508 e. The maximum atomic E-state index is 12.0. The van der Waals surface area contributed by atoms with Gasteiger partial charge in [-0.2, -0.15) is 5.26 Å². The van der Waals surface area contributed by atoms with Crippen molar-refractivity contribution in [1.82, 2.24) is 9.29 Å². The highest BCUT2D eigenvalue weighted by Crippen LogP contribution is 2.43. The van der Waals surface area contributed by atoms with Crippen molar-refractivity contribution in [1.29, 1.82) is 5.26 Å². The van der Waals surface area contributed by atoms with Crippen LogP contribution in [-0.4, -0.2) is 19.9 Å². The third-order valence-electron chi connectivity index (χ3n) is 5.25. The lowest BCUT2D eigenvalue weighted by molar-refractivity contribution is 0.324. The van der Waals surface area contributed by atoms with Gasteiger partial charge in [0.25, 0.3) is 0 Å². The predicted octanol–water partition coefficient (Wildman–Crippen LogP) is 4.60. The van der Waals surface area contributed by atoms with E-state index in [-0.39, 0.29) is 11.8 Å². The second kappa shape index (κ2) is 7.90. The van der Waals surface area contributed by atoms with Crippen LogP contribution < -0.4 is 9.44 Å². The smallest absolute Gasteiger partial charge is 0.193 e. The molecular weight excluding hydrogens is 384 g/mol. The molecule has 7 heteroatoms. The lowest BCUT2D eigenvalue weighted by Gasteiger charge is -2.30. The second-order valence-corrected chi connectivity index (χ2v) is 8.69. The number of benzene rings is 2. The number of hydrogen-bond donors (Lipinski definition) is 3. The Kier molecular flexibility index (Phi) is 5.31. The van der Waals surface area contributed by atoms with Crippen molar-refractivity contribution >= 4 is 27.8 Å². The first-order valence-electron chi connectivity index (χ1n) is 9.80. The second-order valence-electron chi connectivity index (χ2n) is 7.71. The minimum atomic E-state index is -1.36. The number of phenolic OH excluding ortho intramolecular Hbond substituents is 1. The number of anilines is 1. The summed E-state index contributed by atoms with van der Waals surface area (Å²) in [4.78, 5) is 0. The molecule has 0 spiro atoms. The van der Waals surface area contributed by atoms with E-state index in [0.717, 1.165) is 40.7 Å². The summed E-state index contributed by atoms with van der Waals surface area (Å²) in [6.45, 7) is 3.87. The van der Waals surface area contributed by atoms with Crippen LogP contribution in [0.1, 0.15) is 44.7 Å². The molecule has 1 atom stereocenters. The maximum absolute atomic E-state index is 12.0. The molecule has 1 unspecified atom stereocenters. The van der Waals surface area contributed by atoms with Crippen LogP contribution in [0.4, 0.5) is 5.69 Å². The van der Waals surface area contributed by atoms with Gasteiger partial charge in [-0.05, 0) is 62.9 Å². The van der Waals surface area contributed by atoms with Crippen molar-refractivity contribution in [3.8, 4) is 23.1 Å². The van der Waals surface area contributed by atoms with E-state index in [1.165, 1.54) is 6.42 Å². The molecular formula is C22H24N4O2S. The summed E-state index contributed by atoms with van der Waals surface area (Å²) >= 11 is -1.36. The topological polar surface area (TPSA) is 90.1 Å². The Hall–Kier alpha value is -2.82. The van der Waals surface area contributed by atoms with E-state index in [2.05, 4.69) is 20.1 Å². The van der Waals surface area contributed by atoms with Crippen molar-refractivity contribution in [2.24, 2.45) is 0 Å². The molecule has 29 heavy (non-hydrogen) atoms. The summed E-state index contributed by atoms with van der Waals surface area (Å²) in [6.07, 6.45) is 3.30. The number of hydrogen-bond acceptors (Lipinski definition) is 3. The van der Waals surface area contributed by atoms with E-state index < -0.39 is 11.2 Å². The fourth-order valence-electron chi connectivity index (χ4n) is 3.77. The highest BCUT2D eigenvalue weighted by molar-refractivity contribution is 7.84. The molecule has 1 heterocycles. The number of nitriles is 1. The molecule has 0 radical (unpaired) electrons. The number of rotatable bonds is 6. The first-order chi connectivity index (χ1) is 14.0. The van der Waals surface area contributed by atoms with E-state index in [1.54, 1.807) is 12.1 Å². The number of aromatic nitrogens is 1. The minimum absolute atomic E-state index is 0.107. The number of nitrogens with zero attached hydrogens (tertiary/aromatic N) is 2. The molecule has 0 bridgehead atoms. The molecule has 6 nitrogen and oxygen atoms in total. The van der Waals surface area contributed by atoms with Gasteiger partial charge >= 0.3 is 0 Å². The molecule has 2 aromatic carbocycles. The first-order valence-corrected chi connectivity index (χ1v) is 10.9. The molecule has 1 aliphatic rings. The Labute approximate surface area is 172 Å². The van der Waals surface area contributed by atoms with Gasteiger partial charge in [-0.1, -0.05) is 12.1 Å². The zero-order valence-corrected chi connectivity index (χ0v) is 17.3. The van der Waals surface area contributed by atoms with Crippen LogP contribution in [0.5, 0.6) is 5.75 Å². The summed E-state index contributed by atoms with van der Waals surface area (Å²) < 4.78 is 20.1. The quantitative estimate of drug-likeness (QED) is 0.557. The molecule has 0 aliphatic heterocycles. The van der Waals surface area contributed by atoms with Gasteiger partial charge in [0.15, 0.2) is 11.2 Å². The molecule has 3 aromatic rings. The Balaban J connectivity index is 1.77. The van der Waals surface area contributed by atoms with Crippen LogP contribution in [0.3, 0.4) is 0 Å². The molecule has 1 saturated carbocycles. The van der Waals surface area contributed by atoms with Gasteiger partial charge < -0.3 is 9.67 Å². The standard InChI is InChI=1S/C22H24N4O2S/c1-14(2)24-29(28)25-16-8-6-15(7-9-16)22-20(13-23)19-11-10-18(27)12-21(19)26(22)17-4-3-5-17/h6-12,14,17,24-25,27H,3-5H2,1-2H3. The van der Waals surface area contributed by atoms with Crippen LogP contribution in [0.15, 0.2) is 42.5 Å². The van der Waals surface area contributed by atoms with E-state index in [9.17, 15) is 14.6 Å². The summed E-state index contributed by atoms with van der Waals surface area (Å²) in [6, 6.07) is 15.6. The van der Waals surface area contributed by atoms with Gasteiger partial charge in [0.05, 0.1) is 16.8 Å². The van der Waals surface area contributed by atoms with Crippen molar-refractivity contribution < 1.29 is 9.32 Å². The molecule has 1 aromatic heterocycles. The van der Waals surface area contributed by atoms with Crippen LogP contribution in [0.2, 0.25) is 0 Å². The first kappa shape index (κ1) is 19.5. The summed E-state index contributed by atoms with van der Waals surface area (Å²) in [7, 11) is 0. The molecule has 1 aliphatic carbocycles. The van der Waals surface area contributed by atoms with Gasteiger partial charge in [0.2, 0.25) is 0 Å². The average Bonchev–Trinajstić information content (AvgIpc) is 2.93. The minimum Gasteiger partial charge on any atom is -0.508 e. The molecule has 1 fully saturated rings. The third kappa shape index (κ3) is 3.74. The molecule has 0 saturated heterocycles. The highest BCUT2D eigenvalue weighted by Gasteiger charge is 2.27. The Morgan fingerprint density at radius 3 is 2.52 bits per heavy atom. The van der Waals surface area contributed by atoms with Crippen LogP contribution in [-0.2, 0) is 11.2 Å². The normalized spacial score (nSPS) is 15.2. The van der Waals surface area contributed by atoms with Crippen molar-refractivity contribution in [2.45, 2.75) is 45.2 Å². The lowest BCUT2D eigenvalue weighted by atomic mass is 9.92. The summed E-state index contributed by atoms with van der Waals surface area (Å²) in [5, 5.41) is 20.8. The average molecular weight is 409 g/mol. The fourth-order valence-corrected chi connectivity index (χ4v) is 4.60. The zero-order valence-electron chi connectivity index (χ0n) is 16.5. The lowest BCUT2D eigenvalue weighted by Crippen LogP contribution is -2.29. The fraction of sp³-hybridized carbons (Fsp3) is 0.318. The zero-order chi connectivity index (χ0) is 20.5. The van der Waals surface area contributed by atoms with Crippen LogP contribution in [0.25, 0.3) is 22.2 Å². The Bertz CT molecular complexity index is 1110. The van der Waals surface area contributed by atoms with Gasteiger partial charge in [-0.25, -0.2) is 8.93 Å².